The Kier molecular flexibility index (Phi) is 5.61. The summed E-state index contributed by atoms with van der Waals surface area (Å²) in [4.78, 5) is 25.2. The van der Waals surface area contributed by atoms with Gasteiger partial charge in [-0.05, 0) is 61.0 Å². The van der Waals surface area contributed by atoms with Gasteiger partial charge in [-0.15, -0.1) is 0 Å². The highest BCUT2D eigenvalue weighted by Gasteiger charge is 2.30. The van der Waals surface area contributed by atoms with Crippen LogP contribution in [-0.2, 0) is 0 Å². The quantitative estimate of drug-likeness (QED) is 0.269. The molecule has 3 aromatic rings. The van der Waals surface area contributed by atoms with Gasteiger partial charge in [0.25, 0.3) is 0 Å². The van der Waals surface area contributed by atoms with Crippen LogP contribution in [0.3, 0.4) is 0 Å². The van der Waals surface area contributed by atoms with E-state index in [0.717, 1.165) is 10.5 Å². The highest BCUT2D eigenvalue weighted by Crippen LogP contribution is 2.38. The van der Waals surface area contributed by atoms with Crippen molar-refractivity contribution < 1.29 is 28.2 Å². The Morgan fingerprint density at radius 3 is 2.68 bits per heavy atom. The van der Waals surface area contributed by atoms with Gasteiger partial charge in [-0.3, -0.25) is 4.79 Å². The lowest BCUT2D eigenvalue weighted by Crippen LogP contribution is -2.09. The summed E-state index contributed by atoms with van der Waals surface area (Å²) in [6.07, 6.45) is 1.60. The fourth-order valence-corrected chi connectivity index (χ4v) is 3.66. The summed E-state index contributed by atoms with van der Waals surface area (Å²) in [5.41, 5.74) is 1.74. The van der Waals surface area contributed by atoms with Crippen LogP contribution in [0.1, 0.15) is 31.8 Å². The van der Waals surface area contributed by atoms with Crippen molar-refractivity contribution >= 4 is 33.8 Å². The first-order valence-electron chi connectivity index (χ1n) is 9.26. The van der Waals surface area contributed by atoms with Gasteiger partial charge in [-0.1, -0.05) is 22.0 Å². The van der Waals surface area contributed by atoms with Gasteiger partial charge in [0.1, 0.15) is 23.1 Å². The molecular weight excluding hydrogens is 467 g/mol. The molecule has 3 aromatic carbocycles. The van der Waals surface area contributed by atoms with E-state index in [0.29, 0.717) is 22.4 Å². The molecule has 0 saturated carbocycles. The Morgan fingerprint density at radius 2 is 1.94 bits per heavy atom. The first kappa shape index (κ1) is 20.8. The van der Waals surface area contributed by atoms with Crippen LogP contribution in [0.4, 0.5) is 4.39 Å². The lowest BCUT2D eigenvalue weighted by atomic mass is 10.0. The molecule has 0 aromatic heterocycles. The molecule has 1 aliphatic heterocycles. The van der Waals surface area contributed by atoms with E-state index in [9.17, 15) is 14.0 Å². The van der Waals surface area contributed by atoms with Crippen LogP contribution in [0.2, 0.25) is 0 Å². The van der Waals surface area contributed by atoms with Crippen LogP contribution in [-0.4, -0.2) is 18.9 Å². The van der Waals surface area contributed by atoms with Crippen molar-refractivity contribution in [3.63, 3.8) is 0 Å². The Balaban J connectivity index is 1.64. The molecule has 5 nitrogen and oxygen atoms in total. The number of ketones is 1. The topological polar surface area (TPSA) is 61.8 Å². The van der Waals surface area contributed by atoms with Crippen molar-refractivity contribution in [2.24, 2.45) is 0 Å². The molecule has 0 spiro atoms. The molecule has 0 N–H and O–H groups in total. The molecule has 4 rings (SSSR count). The zero-order valence-corrected chi connectivity index (χ0v) is 18.2. The van der Waals surface area contributed by atoms with Crippen LogP contribution in [0, 0.1) is 12.7 Å². The Bertz CT molecular complexity index is 1250. The maximum absolute atomic E-state index is 13.4. The number of carbonyl (C=O) groups excluding carboxylic acids is 2. The van der Waals surface area contributed by atoms with E-state index < -0.39 is 11.8 Å². The molecule has 0 fully saturated rings. The SMILES string of the molecule is COc1ccc(Br)cc1/C=C1\Oc2cc(OC(=O)c3cccc(F)c3)cc(C)c2C1=O. The molecule has 0 saturated heterocycles. The van der Waals surface area contributed by atoms with Crippen LogP contribution < -0.4 is 14.2 Å². The maximum Gasteiger partial charge on any atom is 0.343 e. The van der Waals surface area contributed by atoms with Gasteiger partial charge in [0.2, 0.25) is 5.78 Å². The van der Waals surface area contributed by atoms with Crippen molar-refractivity contribution in [2.45, 2.75) is 6.92 Å². The number of benzene rings is 3. The molecule has 31 heavy (non-hydrogen) atoms. The summed E-state index contributed by atoms with van der Waals surface area (Å²) in [6.45, 7) is 1.72. The molecule has 0 radical (unpaired) electrons. The number of carbonyl (C=O) groups is 2. The van der Waals surface area contributed by atoms with Gasteiger partial charge >= 0.3 is 5.97 Å². The van der Waals surface area contributed by atoms with Crippen molar-refractivity contribution in [2.75, 3.05) is 7.11 Å². The second-order valence-corrected chi connectivity index (χ2v) is 7.75. The van der Waals surface area contributed by atoms with E-state index in [-0.39, 0.29) is 28.6 Å². The Morgan fingerprint density at radius 1 is 1.13 bits per heavy atom. The predicted molar refractivity (Wildman–Crippen MR) is 116 cm³/mol. The summed E-state index contributed by atoms with van der Waals surface area (Å²) in [5.74, 6) is -0.332. The average molecular weight is 483 g/mol. The van der Waals surface area contributed by atoms with Crippen LogP contribution in [0.15, 0.2) is 64.8 Å². The number of hydrogen-bond donors (Lipinski definition) is 0. The van der Waals surface area contributed by atoms with Gasteiger partial charge in [-0.25, -0.2) is 9.18 Å². The molecule has 0 bridgehead atoms. The number of ether oxygens (including phenoxy) is 3. The lowest BCUT2D eigenvalue weighted by Gasteiger charge is -2.08. The Labute approximate surface area is 186 Å². The molecule has 7 heteroatoms. The number of hydrogen-bond acceptors (Lipinski definition) is 5. The highest BCUT2D eigenvalue weighted by atomic mass is 79.9. The minimum Gasteiger partial charge on any atom is -0.496 e. The number of esters is 1. The average Bonchev–Trinajstić information content (AvgIpc) is 3.03. The standard InChI is InChI=1S/C24H16BrFO5/c1-13-8-18(30-24(28)14-4-3-5-17(26)10-14)12-20-22(13)23(27)21(31-20)11-15-9-16(25)6-7-19(15)29-2/h3-12H,1-2H3/b21-11-. The molecule has 1 aliphatic rings. The first-order valence-corrected chi connectivity index (χ1v) is 10.0. The summed E-state index contributed by atoms with van der Waals surface area (Å²) < 4.78 is 30.7. The lowest BCUT2D eigenvalue weighted by molar-refractivity contribution is 0.0734. The van der Waals surface area contributed by atoms with Gasteiger partial charge in [0.05, 0.1) is 18.2 Å². The van der Waals surface area contributed by atoms with Gasteiger partial charge < -0.3 is 14.2 Å². The summed E-state index contributed by atoms with van der Waals surface area (Å²) in [7, 11) is 1.54. The zero-order chi connectivity index (χ0) is 22.1. The first-order chi connectivity index (χ1) is 14.9. The van der Waals surface area contributed by atoms with Crippen LogP contribution in [0.5, 0.6) is 17.2 Å². The minimum atomic E-state index is -0.710. The van der Waals surface area contributed by atoms with E-state index in [1.165, 1.54) is 24.3 Å². The highest BCUT2D eigenvalue weighted by molar-refractivity contribution is 9.10. The monoisotopic (exact) mass is 482 g/mol. The van der Waals surface area contributed by atoms with Crippen LogP contribution in [0.25, 0.3) is 6.08 Å². The summed E-state index contributed by atoms with van der Waals surface area (Å²) in [5, 5.41) is 0. The summed E-state index contributed by atoms with van der Waals surface area (Å²) >= 11 is 3.40. The third kappa shape index (κ3) is 4.22. The predicted octanol–water partition coefficient (Wildman–Crippen LogP) is 5.74. The second kappa shape index (κ2) is 8.35. The third-order valence-corrected chi connectivity index (χ3v) is 5.19. The fourth-order valence-electron chi connectivity index (χ4n) is 3.28. The molecular formula is C24H16BrFO5. The van der Waals surface area contributed by atoms with Crippen molar-refractivity contribution in [3.05, 3.63) is 92.9 Å². The van der Waals surface area contributed by atoms with Crippen LogP contribution >= 0.6 is 15.9 Å². The smallest absolute Gasteiger partial charge is 0.343 e. The number of allylic oxidation sites excluding steroid dienone is 1. The normalized spacial score (nSPS) is 13.7. The zero-order valence-electron chi connectivity index (χ0n) is 16.6. The van der Waals surface area contributed by atoms with Crippen molar-refractivity contribution in [1.82, 2.24) is 0 Å². The molecule has 0 unspecified atom stereocenters. The van der Waals surface area contributed by atoms with E-state index in [2.05, 4.69) is 15.9 Å². The number of halogens is 2. The van der Waals surface area contributed by atoms with Gasteiger partial charge in [-0.2, -0.15) is 0 Å². The molecule has 0 amide bonds. The van der Waals surface area contributed by atoms with E-state index in [1.807, 2.05) is 12.1 Å². The molecule has 156 valence electrons. The van der Waals surface area contributed by atoms with E-state index >= 15 is 0 Å². The maximum atomic E-state index is 13.4. The van der Waals surface area contributed by atoms with Crippen molar-refractivity contribution in [3.8, 4) is 17.2 Å². The molecule has 0 aliphatic carbocycles. The largest absolute Gasteiger partial charge is 0.496 e. The number of fused-ring (bicyclic) bond motifs is 1. The number of rotatable bonds is 4. The van der Waals surface area contributed by atoms with Crippen molar-refractivity contribution in [1.29, 1.82) is 0 Å². The Hall–Kier alpha value is -3.45. The van der Waals surface area contributed by atoms with E-state index in [4.69, 9.17) is 14.2 Å². The number of methoxy groups -OCH3 is 1. The van der Waals surface area contributed by atoms with Gasteiger partial charge in [0, 0.05) is 16.1 Å². The van der Waals surface area contributed by atoms with E-state index in [1.54, 1.807) is 32.2 Å². The second-order valence-electron chi connectivity index (χ2n) is 6.84. The van der Waals surface area contributed by atoms with Gasteiger partial charge in [0.15, 0.2) is 5.76 Å². The summed E-state index contributed by atoms with van der Waals surface area (Å²) in [6, 6.07) is 13.7. The molecule has 0 atom stereocenters. The molecule has 1 heterocycles. The number of Topliss-reactive ketones (excluding diaryl/α,β-unsaturated/α-hetero) is 1. The fraction of sp³-hybridized carbons (Fsp3) is 0.0833. The minimum absolute atomic E-state index is 0.0810. The number of aryl methyl sites for hydroxylation is 1. The third-order valence-electron chi connectivity index (χ3n) is 4.69.